The Hall–Kier alpha value is -3.22. The SMILES string of the molecule is COc1ccc(-c2nc3cc(C(=O)O)cc(OC)c3o2)cc1OC. The van der Waals surface area contributed by atoms with Crippen molar-refractivity contribution in [1.82, 2.24) is 4.98 Å². The Morgan fingerprint density at radius 3 is 2.33 bits per heavy atom. The molecule has 0 amide bonds. The number of carboxylic acid groups (broad SMARTS) is 1. The summed E-state index contributed by atoms with van der Waals surface area (Å²) in [4.78, 5) is 15.6. The third-order valence-electron chi connectivity index (χ3n) is 3.55. The Morgan fingerprint density at radius 1 is 1.00 bits per heavy atom. The molecule has 0 atom stereocenters. The summed E-state index contributed by atoms with van der Waals surface area (Å²) in [7, 11) is 4.53. The number of oxazole rings is 1. The van der Waals surface area contributed by atoms with Gasteiger partial charge in [0.25, 0.3) is 0 Å². The number of carbonyl (C=O) groups is 1. The summed E-state index contributed by atoms with van der Waals surface area (Å²) in [6, 6.07) is 8.08. The summed E-state index contributed by atoms with van der Waals surface area (Å²) < 4.78 is 21.4. The van der Waals surface area contributed by atoms with Gasteiger partial charge in [-0.2, -0.15) is 0 Å². The van der Waals surface area contributed by atoms with Crippen LogP contribution in [-0.2, 0) is 0 Å². The number of fused-ring (bicyclic) bond motifs is 1. The van der Waals surface area contributed by atoms with Crippen LogP contribution in [0.3, 0.4) is 0 Å². The smallest absolute Gasteiger partial charge is 0.335 e. The maximum absolute atomic E-state index is 11.2. The molecule has 1 heterocycles. The van der Waals surface area contributed by atoms with Crippen LogP contribution in [0.25, 0.3) is 22.6 Å². The molecule has 0 aliphatic rings. The van der Waals surface area contributed by atoms with Crippen LogP contribution in [0.2, 0.25) is 0 Å². The minimum Gasteiger partial charge on any atom is -0.493 e. The van der Waals surface area contributed by atoms with Gasteiger partial charge < -0.3 is 23.7 Å². The maximum Gasteiger partial charge on any atom is 0.335 e. The van der Waals surface area contributed by atoms with Gasteiger partial charge in [-0.05, 0) is 30.3 Å². The normalized spacial score (nSPS) is 10.6. The van der Waals surface area contributed by atoms with Crippen molar-refractivity contribution in [3.63, 3.8) is 0 Å². The highest BCUT2D eigenvalue weighted by Gasteiger charge is 2.17. The molecule has 3 aromatic rings. The second-order valence-electron chi connectivity index (χ2n) is 4.92. The Bertz CT molecular complexity index is 915. The number of benzene rings is 2. The number of methoxy groups -OCH3 is 3. The van der Waals surface area contributed by atoms with E-state index in [0.717, 1.165) is 0 Å². The average Bonchev–Trinajstić information content (AvgIpc) is 3.04. The van der Waals surface area contributed by atoms with E-state index in [4.69, 9.17) is 23.7 Å². The van der Waals surface area contributed by atoms with Gasteiger partial charge in [0.05, 0.1) is 26.9 Å². The number of nitrogens with zero attached hydrogens (tertiary/aromatic N) is 1. The third kappa shape index (κ3) is 2.60. The summed E-state index contributed by atoms with van der Waals surface area (Å²) >= 11 is 0. The fourth-order valence-corrected chi connectivity index (χ4v) is 2.37. The molecule has 0 spiro atoms. The van der Waals surface area contributed by atoms with Gasteiger partial charge in [0, 0.05) is 5.56 Å². The Labute approximate surface area is 137 Å². The van der Waals surface area contributed by atoms with Gasteiger partial charge in [-0.25, -0.2) is 9.78 Å². The summed E-state index contributed by atoms with van der Waals surface area (Å²) in [5, 5.41) is 9.17. The molecule has 1 aromatic heterocycles. The van der Waals surface area contributed by atoms with E-state index >= 15 is 0 Å². The van der Waals surface area contributed by atoms with E-state index in [1.165, 1.54) is 26.4 Å². The molecule has 7 heteroatoms. The standard InChI is InChI=1S/C17H15NO6/c1-21-12-5-4-9(7-13(12)22-2)16-18-11-6-10(17(19)20)8-14(23-3)15(11)24-16/h4-8H,1-3H3,(H,19,20). The highest BCUT2D eigenvalue weighted by Crippen LogP contribution is 2.35. The number of ether oxygens (including phenoxy) is 3. The molecule has 0 unspecified atom stereocenters. The first-order valence-electron chi connectivity index (χ1n) is 7.01. The zero-order valence-corrected chi connectivity index (χ0v) is 13.3. The van der Waals surface area contributed by atoms with Crippen LogP contribution in [0.5, 0.6) is 17.2 Å². The highest BCUT2D eigenvalue weighted by atomic mass is 16.5. The molecule has 0 fully saturated rings. The van der Waals surface area contributed by atoms with Crippen molar-refractivity contribution in [2.45, 2.75) is 0 Å². The minimum atomic E-state index is -1.06. The number of rotatable bonds is 5. The van der Waals surface area contributed by atoms with Crippen LogP contribution >= 0.6 is 0 Å². The van der Waals surface area contributed by atoms with Crippen molar-refractivity contribution in [1.29, 1.82) is 0 Å². The maximum atomic E-state index is 11.2. The zero-order valence-electron chi connectivity index (χ0n) is 13.3. The lowest BCUT2D eigenvalue weighted by Crippen LogP contribution is -1.97. The highest BCUT2D eigenvalue weighted by molar-refractivity contribution is 5.94. The molecule has 0 aliphatic carbocycles. The van der Waals surface area contributed by atoms with Crippen LogP contribution in [0.1, 0.15) is 10.4 Å². The van der Waals surface area contributed by atoms with Crippen molar-refractivity contribution in [2.75, 3.05) is 21.3 Å². The first-order chi connectivity index (χ1) is 11.6. The predicted octanol–water partition coefficient (Wildman–Crippen LogP) is 3.22. The van der Waals surface area contributed by atoms with E-state index in [1.807, 2.05) is 0 Å². The number of carboxylic acids is 1. The Kier molecular flexibility index (Phi) is 3.99. The molecule has 0 saturated carbocycles. The molecule has 0 aliphatic heterocycles. The van der Waals surface area contributed by atoms with E-state index in [2.05, 4.69) is 4.98 Å². The third-order valence-corrected chi connectivity index (χ3v) is 3.55. The van der Waals surface area contributed by atoms with E-state index < -0.39 is 5.97 Å². The molecular formula is C17H15NO6. The second-order valence-corrected chi connectivity index (χ2v) is 4.92. The topological polar surface area (TPSA) is 91.0 Å². The molecule has 124 valence electrons. The van der Waals surface area contributed by atoms with Crippen molar-refractivity contribution >= 4 is 17.1 Å². The van der Waals surface area contributed by atoms with Crippen molar-refractivity contribution in [3.8, 4) is 28.7 Å². The monoisotopic (exact) mass is 329 g/mol. The van der Waals surface area contributed by atoms with Crippen LogP contribution < -0.4 is 14.2 Å². The molecule has 0 bridgehead atoms. The lowest BCUT2D eigenvalue weighted by molar-refractivity contribution is 0.0696. The molecule has 24 heavy (non-hydrogen) atoms. The van der Waals surface area contributed by atoms with Crippen molar-refractivity contribution in [3.05, 3.63) is 35.9 Å². The van der Waals surface area contributed by atoms with E-state index in [0.29, 0.717) is 39.8 Å². The predicted molar refractivity (Wildman–Crippen MR) is 86.1 cm³/mol. The van der Waals surface area contributed by atoms with Crippen LogP contribution in [-0.4, -0.2) is 37.4 Å². The average molecular weight is 329 g/mol. The van der Waals surface area contributed by atoms with Gasteiger partial charge >= 0.3 is 5.97 Å². The summed E-state index contributed by atoms with van der Waals surface area (Å²) in [5.74, 6) is 0.695. The lowest BCUT2D eigenvalue weighted by Gasteiger charge is -2.07. The van der Waals surface area contributed by atoms with Gasteiger partial charge in [-0.3, -0.25) is 0 Å². The van der Waals surface area contributed by atoms with Gasteiger partial charge in [0.15, 0.2) is 22.8 Å². The summed E-state index contributed by atoms with van der Waals surface area (Å²) in [6.45, 7) is 0. The molecule has 0 saturated heterocycles. The molecule has 1 N–H and O–H groups in total. The van der Waals surface area contributed by atoms with Crippen molar-refractivity contribution < 1.29 is 28.5 Å². The van der Waals surface area contributed by atoms with Crippen molar-refractivity contribution in [2.24, 2.45) is 0 Å². The number of aromatic carboxylic acids is 1. The Morgan fingerprint density at radius 2 is 1.71 bits per heavy atom. The van der Waals surface area contributed by atoms with Crippen LogP contribution in [0.15, 0.2) is 34.7 Å². The van der Waals surface area contributed by atoms with E-state index in [1.54, 1.807) is 25.3 Å². The van der Waals surface area contributed by atoms with E-state index in [-0.39, 0.29) is 5.56 Å². The lowest BCUT2D eigenvalue weighted by atomic mass is 10.2. The number of hydrogen-bond acceptors (Lipinski definition) is 6. The van der Waals surface area contributed by atoms with Gasteiger partial charge in [0.1, 0.15) is 5.52 Å². The molecule has 2 aromatic carbocycles. The minimum absolute atomic E-state index is 0.0755. The van der Waals surface area contributed by atoms with Gasteiger partial charge in [-0.15, -0.1) is 0 Å². The largest absolute Gasteiger partial charge is 0.493 e. The zero-order chi connectivity index (χ0) is 17.3. The molecule has 7 nitrogen and oxygen atoms in total. The van der Waals surface area contributed by atoms with E-state index in [9.17, 15) is 4.79 Å². The summed E-state index contributed by atoms with van der Waals surface area (Å²) in [5.41, 5.74) is 1.53. The molecule has 0 radical (unpaired) electrons. The quantitative estimate of drug-likeness (QED) is 0.768. The Balaban J connectivity index is 2.16. The van der Waals surface area contributed by atoms with Crippen LogP contribution in [0.4, 0.5) is 0 Å². The number of hydrogen-bond donors (Lipinski definition) is 1. The summed E-state index contributed by atoms with van der Waals surface area (Å²) in [6.07, 6.45) is 0. The first kappa shape index (κ1) is 15.7. The fraction of sp³-hybridized carbons (Fsp3) is 0.176. The molecular weight excluding hydrogens is 314 g/mol. The fourth-order valence-electron chi connectivity index (χ4n) is 2.37. The first-order valence-corrected chi connectivity index (χ1v) is 7.01. The second kappa shape index (κ2) is 6.11. The van der Waals surface area contributed by atoms with Crippen LogP contribution in [0, 0.1) is 0 Å². The van der Waals surface area contributed by atoms with Gasteiger partial charge in [-0.1, -0.05) is 0 Å². The molecule has 3 rings (SSSR count). The number of aromatic nitrogens is 1. The van der Waals surface area contributed by atoms with Gasteiger partial charge in [0.2, 0.25) is 5.89 Å².